The fraction of sp³-hybridized carbons (Fsp3) is 0.645. The lowest BCUT2D eigenvalue weighted by Crippen LogP contribution is -2.57. The van der Waals surface area contributed by atoms with Crippen LogP contribution < -0.4 is 21.3 Å². The Balaban J connectivity index is 1.82. The Bertz CT molecular complexity index is 1100. The number of rotatable bonds is 7. The molecule has 1 heterocycles. The number of ether oxygens (including phenoxy) is 2. The summed E-state index contributed by atoms with van der Waals surface area (Å²) in [6.45, 7) is 5.03. The first kappa shape index (κ1) is 33.8. The number of esters is 1. The van der Waals surface area contributed by atoms with Crippen LogP contribution in [-0.2, 0) is 35.1 Å². The number of amides is 4. The number of aliphatic hydroxyl groups is 1. The molecule has 4 amide bonds. The second-order valence-electron chi connectivity index (χ2n) is 12.3. The van der Waals surface area contributed by atoms with Crippen molar-refractivity contribution in [2.45, 2.75) is 108 Å². The number of alkyl carbamates (subject to hydrolysis) is 1. The molecule has 1 aliphatic carbocycles. The van der Waals surface area contributed by atoms with E-state index >= 15 is 0 Å². The molecule has 0 spiro atoms. The lowest BCUT2D eigenvalue weighted by atomic mass is 9.83. The van der Waals surface area contributed by atoms with Crippen LogP contribution in [0.4, 0.5) is 4.79 Å². The van der Waals surface area contributed by atoms with Crippen molar-refractivity contribution in [3.63, 3.8) is 0 Å². The highest BCUT2D eigenvalue weighted by molar-refractivity contribution is 5.92. The molecule has 12 heteroatoms. The third kappa shape index (κ3) is 11.9. The van der Waals surface area contributed by atoms with Gasteiger partial charge >= 0.3 is 12.1 Å². The lowest BCUT2D eigenvalue weighted by Gasteiger charge is -2.31. The van der Waals surface area contributed by atoms with E-state index in [0.29, 0.717) is 6.42 Å². The Kier molecular flexibility index (Phi) is 12.8. The van der Waals surface area contributed by atoms with Crippen LogP contribution in [-0.4, -0.2) is 77.9 Å². The summed E-state index contributed by atoms with van der Waals surface area (Å²) in [5.74, 6) is -2.37. The quantitative estimate of drug-likeness (QED) is 0.294. The predicted molar refractivity (Wildman–Crippen MR) is 158 cm³/mol. The lowest BCUT2D eigenvalue weighted by molar-refractivity contribution is -0.156. The highest BCUT2D eigenvalue weighted by Crippen LogP contribution is 2.28. The fourth-order valence-corrected chi connectivity index (χ4v) is 5.34. The molecule has 4 atom stereocenters. The molecule has 1 saturated heterocycles. The van der Waals surface area contributed by atoms with Crippen LogP contribution in [0.15, 0.2) is 30.3 Å². The molecule has 0 radical (unpaired) electrons. The average Bonchev–Trinajstić information content (AvgIpc) is 2.96. The minimum atomic E-state index is -1.61. The van der Waals surface area contributed by atoms with Crippen molar-refractivity contribution < 1.29 is 38.6 Å². The summed E-state index contributed by atoms with van der Waals surface area (Å²) < 4.78 is 10.5. The maximum absolute atomic E-state index is 13.6. The summed E-state index contributed by atoms with van der Waals surface area (Å²) in [5.41, 5.74) is -0.0289. The fourth-order valence-electron chi connectivity index (χ4n) is 5.34. The zero-order valence-electron chi connectivity index (χ0n) is 25.4. The van der Waals surface area contributed by atoms with Gasteiger partial charge in [-0.2, -0.15) is 0 Å². The monoisotopic (exact) mass is 602 g/mol. The van der Waals surface area contributed by atoms with E-state index in [-0.39, 0.29) is 38.3 Å². The number of benzene rings is 1. The van der Waals surface area contributed by atoms with E-state index < -0.39 is 59.6 Å². The maximum atomic E-state index is 13.6. The summed E-state index contributed by atoms with van der Waals surface area (Å²) in [5, 5.41) is 21.6. The number of nitrogens with one attached hydrogen (secondary N) is 4. The van der Waals surface area contributed by atoms with Crippen molar-refractivity contribution in [1.29, 1.82) is 0 Å². The molecule has 238 valence electrons. The number of hydrogen-bond acceptors (Lipinski definition) is 8. The van der Waals surface area contributed by atoms with Crippen molar-refractivity contribution >= 4 is 29.8 Å². The van der Waals surface area contributed by atoms with Crippen LogP contribution in [0.2, 0.25) is 0 Å². The van der Waals surface area contributed by atoms with E-state index in [2.05, 4.69) is 21.3 Å². The standard InChI is InChI=1S/C31H46N4O8/c1-31(2,3)43-30(41)35-24(19-21-12-8-5-9-13-21)28(39)33-22-14-15-25(36)32-16-17-42-29(40)26(37)23(34-27(22)38)18-20-10-6-4-7-11-20/h5,8-9,12-13,20,22-24,26,37H,4,6-7,10-11,14-19H2,1-3H3,(H,32,36)(H,33,39)(H,34,38)(H,35,41)/t22?,23?,24-,26+/m0/s1. The van der Waals surface area contributed by atoms with E-state index in [9.17, 15) is 29.1 Å². The van der Waals surface area contributed by atoms with E-state index in [1.165, 1.54) is 0 Å². The first-order chi connectivity index (χ1) is 20.4. The Labute approximate surface area is 253 Å². The minimum absolute atomic E-state index is 0.0436. The maximum Gasteiger partial charge on any atom is 0.408 e. The summed E-state index contributed by atoms with van der Waals surface area (Å²) in [4.78, 5) is 64.9. The SMILES string of the molecule is CC(C)(C)OC(=O)N[C@@H](Cc1ccccc1)C(=O)NC1CCC(=O)NCCOC(=O)[C@H](O)C(CC2CCCCC2)NC1=O. The Morgan fingerprint density at radius 1 is 1.07 bits per heavy atom. The van der Waals surface area contributed by atoms with Gasteiger partial charge in [0.05, 0.1) is 12.6 Å². The predicted octanol–water partition coefficient (Wildman–Crippen LogP) is 1.88. The van der Waals surface area contributed by atoms with Gasteiger partial charge in [0.25, 0.3) is 0 Å². The zero-order valence-corrected chi connectivity index (χ0v) is 25.4. The molecule has 1 saturated carbocycles. The molecule has 2 aliphatic rings. The molecule has 3 rings (SSSR count). The van der Waals surface area contributed by atoms with E-state index in [1.54, 1.807) is 20.8 Å². The van der Waals surface area contributed by atoms with Crippen molar-refractivity contribution in [1.82, 2.24) is 21.3 Å². The van der Waals surface area contributed by atoms with E-state index in [1.807, 2.05) is 30.3 Å². The van der Waals surface area contributed by atoms with Crippen LogP contribution in [0.1, 0.15) is 77.7 Å². The summed E-state index contributed by atoms with van der Waals surface area (Å²) >= 11 is 0. The smallest absolute Gasteiger partial charge is 0.408 e. The second-order valence-corrected chi connectivity index (χ2v) is 12.3. The Morgan fingerprint density at radius 2 is 1.77 bits per heavy atom. The van der Waals surface area contributed by atoms with E-state index in [0.717, 1.165) is 37.7 Å². The molecular weight excluding hydrogens is 556 g/mol. The molecule has 0 bridgehead atoms. The van der Waals surface area contributed by atoms with Gasteiger partial charge in [0.1, 0.15) is 24.3 Å². The second kappa shape index (κ2) is 16.3. The molecule has 0 aromatic heterocycles. The third-order valence-corrected chi connectivity index (χ3v) is 7.51. The van der Waals surface area contributed by atoms with Gasteiger partial charge in [0.2, 0.25) is 17.7 Å². The van der Waals surface area contributed by atoms with Crippen LogP contribution >= 0.6 is 0 Å². The number of carbonyl (C=O) groups excluding carboxylic acids is 5. The number of hydrogen-bond donors (Lipinski definition) is 5. The van der Waals surface area contributed by atoms with Crippen molar-refractivity contribution in [2.24, 2.45) is 5.92 Å². The van der Waals surface area contributed by atoms with Crippen molar-refractivity contribution in [3.05, 3.63) is 35.9 Å². The number of cyclic esters (lactones) is 1. The van der Waals surface area contributed by atoms with Crippen molar-refractivity contribution in [2.75, 3.05) is 13.2 Å². The van der Waals surface area contributed by atoms with Gasteiger partial charge in [-0.05, 0) is 45.1 Å². The minimum Gasteiger partial charge on any atom is -0.462 e. The highest BCUT2D eigenvalue weighted by Gasteiger charge is 2.35. The van der Waals surface area contributed by atoms with Crippen molar-refractivity contribution in [3.8, 4) is 0 Å². The average molecular weight is 603 g/mol. The normalized spacial score (nSPS) is 23.6. The zero-order chi connectivity index (χ0) is 31.4. The summed E-state index contributed by atoms with van der Waals surface area (Å²) in [6.07, 6.45) is 2.97. The molecule has 12 nitrogen and oxygen atoms in total. The van der Waals surface area contributed by atoms with Gasteiger partial charge in [-0.15, -0.1) is 0 Å². The van der Waals surface area contributed by atoms with Crippen LogP contribution in [0.3, 0.4) is 0 Å². The molecule has 2 fully saturated rings. The van der Waals surface area contributed by atoms with Crippen LogP contribution in [0, 0.1) is 5.92 Å². The molecule has 43 heavy (non-hydrogen) atoms. The van der Waals surface area contributed by atoms with Gasteiger partial charge in [0.15, 0.2) is 6.10 Å². The summed E-state index contributed by atoms with van der Waals surface area (Å²) in [7, 11) is 0. The molecule has 1 aliphatic heterocycles. The van der Waals surface area contributed by atoms with Gasteiger partial charge in [-0.25, -0.2) is 9.59 Å². The topological polar surface area (TPSA) is 172 Å². The van der Waals surface area contributed by atoms with E-state index in [4.69, 9.17) is 9.47 Å². The molecule has 2 unspecified atom stereocenters. The highest BCUT2D eigenvalue weighted by atomic mass is 16.6. The Morgan fingerprint density at radius 3 is 2.44 bits per heavy atom. The van der Waals surface area contributed by atoms with Gasteiger partial charge < -0.3 is 35.8 Å². The molecular formula is C31H46N4O8. The molecule has 1 aromatic rings. The van der Waals surface area contributed by atoms with Gasteiger partial charge in [-0.3, -0.25) is 14.4 Å². The number of carbonyl (C=O) groups is 5. The third-order valence-electron chi connectivity index (χ3n) is 7.51. The van der Waals surface area contributed by atoms with Crippen LogP contribution in [0.5, 0.6) is 0 Å². The van der Waals surface area contributed by atoms with Crippen LogP contribution in [0.25, 0.3) is 0 Å². The molecule has 5 N–H and O–H groups in total. The molecule has 1 aromatic carbocycles. The Hall–Kier alpha value is -3.67. The first-order valence-electron chi connectivity index (χ1n) is 15.2. The van der Waals surface area contributed by atoms with Gasteiger partial charge in [-0.1, -0.05) is 62.4 Å². The summed E-state index contributed by atoms with van der Waals surface area (Å²) in [6, 6.07) is 5.84. The number of aliphatic hydroxyl groups excluding tert-OH is 1. The van der Waals surface area contributed by atoms with Gasteiger partial charge in [0, 0.05) is 12.8 Å². The first-order valence-corrected chi connectivity index (χ1v) is 15.2. The largest absolute Gasteiger partial charge is 0.462 e.